The molecule has 0 amide bonds. The predicted octanol–water partition coefficient (Wildman–Crippen LogP) is -15.4. The van der Waals surface area contributed by atoms with Crippen LogP contribution in [0.2, 0.25) is 0 Å². The molecule has 0 aromatic rings. The average molecular weight is 218 g/mol. The molecule has 0 rings (SSSR count). The Kier molecular flexibility index (Phi) is 25.9. The van der Waals surface area contributed by atoms with Gasteiger partial charge in [0, 0.05) is 0 Å². The monoisotopic (exact) mass is 218 g/mol. The first-order valence-electron chi connectivity index (χ1n) is 1.63. The summed E-state index contributed by atoms with van der Waals surface area (Å²) in [4.78, 5) is 28.6. The van der Waals surface area contributed by atoms with Gasteiger partial charge < -0.3 is 29.2 Å². The number of hydrogen-bond donors (Lipinski definition) is 0. The second-order valence-corrected chi connectivity index (χ2v) is 3.64. The minimum absolute atomic E-state index is 0. The van der Waals surface area contributed by atoms with Crippen LogP contribution >= 0.6 is 15.6 Å². The molecular weight excluding hydrogens is 218 g/mol. The maximum absolute atomic E-state index is 9.71. The standard InChI is InChI=1S/4Li.H4O8P2/c;;;;1-7-10(5,6)8-9(2,3)4/h;;;;1H,(H,5,6)(H2,2,3,4)/q4*+1;/p-4. The molecule has 62 valence electrons. The van der Waals surface area contributed by atoms with Crippen LogP contribution in [0.4, 0.5) is 0 Å². The van der Waals surface area contributed by atoms with Gasteiger partial charge in [-0.25, -0.2) is 0 Å². The van der Waals surface area contributed by atoms with Crippen LogP contribution in [0.1, 0.15) is 0 Å². The Morgan fingerprint density at radius 1 is 0.857 bits per heavy atom. The van der Waals surface area contributed by atoms with E-state index in [2.05, 4.69) is 8.99 Å². The first kappa shape index (κ1) is 30.0. The van der Waals surface area contributed by atoms with Crippen LogP contribution in [-0.2, 0) is 18.1 Å². The Bertz CT molecular complexity index is 198. The molecule has 0 fully saturated rings. The second kappa shape index (κ2) is 12.1. The molecule has 0 saturated carbocycles. The molecule has 0 spiro atoms. The molecule has 0 heterocycles. The molecule has 1 atom stereocenters. The van der Waals surface area contributed by atoms with E-state index in [0.29, 0.717) is 0 Å². The van der Waals surface area contributed by atoms with Crippen molar-refractivity contribution in [3.8, 4) is 0 Å². The van der Waals surface area contributed by atoms with E-state index >= 15 is 0 Å². The van der Waals surface area contributed by atoms with Crippen molar-refractivity contribution in [2.75, 3.05) is 0 Å². The first-order valence-corrected chi connectivity index (χ1v) is 4.55. The van der Waals surface area contributed by atoms with Crippen LogP contribution in [0.3, 0.4) is 0 Å². The predicted molar refractivity (Wildman–Crippen MR) is 17.4 cm³/mol. The summed E-state index contributed by atoms with van der Waals surface area (Å²) in [5, 5.41) is 9.03. The molecule has 0 bridgehead atoms. The molecule has 1 unspecified atom stereocenters. The van der Waals surface area contributed by atoms with E-state index in [1.54, 1.807) is 0 Å². The summed E-state index contributed by atoms with van der Waals surface area (Å²) >= 11 is 0. The fourth-order valence-electron chi connectivity index (χ4n) is 0.136. The molecule has 14 heavy (non-hydrogen) atoms. The third-order valence-electron chi connectivity index (χ3n) is 0.291. The Hall–Kier alpha value is 2.61. The summed E-state index contributed by atoms with van der Waals surface area (Å²) in [6.45, 7) is 0. The summed E-state index contributed by atoms with van der Waals surface area (Å²) in [5.74, 6) is 0. The van der Waals surface area contributed by atoms with E-state index in [9.17, 15) is 23.8 Å². The van der Waals surface area contributed by atoms with Crippen LogP contribution in [0.25, 0.3) is 0 Å². The van der Waals surface area contributed by atoms with Gasteiger partial charge in [0.1, 0.15) is 0 Å². The van der Waals surface area contributed by atoms with Crippen molar-refractivity contribution in [1.82, 2.24) is 0 Å². The number of hydrogen-bond acceptors (Lipinski definition) is 8. The second-order valence-electron chi connectivity index (χ2n) is 1.05. The van der Waals surface area contributed by atoms with Crippen LogP contribution < -0.4 is 95.4 Å². The van der Waals surface area contributed by atoms with Gasteiger partial charge in [0.15, 0.2) is 0 Å². The van der Waals surface area contributed by atoms with Gasteiger partial charge in [0.2, 0.25) is 0 Å². The normalized spacial score (nSPS) is 13.1. The Morgan fingerprint density at radius 2 is 1.14 bits per heavy atom. The van der Waals surface area contributed by atoms with Gasteiger partial charge in [0.25, 0.3) is 7.82 Å². The quantitative estimate of drug-likeness (QED) is 0.196. The zero-order valence-corrected chi connectivity index (χ0v) is 9.95. The van der Waals surface area contributed by atoms with Gasteiger partial charge in [-0.15, -0.1) is 0 Å². The van der Waals surface area contributed by atoms with Crippen molar-refractivity contribution in [2.24, 2.45) is 0 Å². The fraction of sp³-hybridized carbons (Fsp3) is 0. The topological polar surface area (TPSA) is 145 Å². The van der Waals surface area contributed by atoms with Gasteiger partial charge >= 0.3 is 75.4 Å². The van der Waals surface area contributed by atoms with Gasteiger partial charge in [-0.1, -0.05) is 0 Å². The molecule has 14 heteroatoms. The SMILES string of the molecule is O=P([O-])([O-])OP(=O)([O-])O[O-].[Li+].[Li+].[Li+].[Li+]. The van der Waals surface area contributed by atoms with Crippen molar-refractivity contribution in [3.05, 3.63) is 0 Å². The molecular formula is Li4O8P2. The van der Waals surface area contributed by atoms with E-state index in [1.165, 1.54) is 0 Å². The van der Waals surface area contributed by atoms with E-state index in [0.717, 1.165) is 0 Å². The summed E-state index contributed by atoms with van der Waals surface area (Å²) in [6, 6.07) is 0. The first-order chi connectivity index (χ1) is 4.27. The Labute approximate surface area is 128 Å². The summed E-state index contributed by atoms with van der Waals surface area (Å²) in [6.07, 6.45) is 0. The third kappa shape index (κ3) is 20.1. The van der Waals surface area contributed by atoms with Crippen molar-refractivity contribution < 1.29 is 113 Å². The zero-order chi connectivity index (χ0) is 8.41. The largest absolute Gasteiger partial charge is 1.00 e. The molecule has 0 radical (unpaired) electrons. The third-order valence-corrected chi connectivity index (χ3v) is 2.07. The van der Waals surface area contributed by atoms with Crippen LogP contribution in [0, 0.1) is 0 Å². The van der Waals surface area contributed by atoms with Crippen LogP contribution in [0.5, 0.6) is 0 Å². The van der Waals surface area contributed by atoms with Crippen molar-refractivity contribution in [3.63, 3.8) is 0 Å². The molecule has 0 aliphatic rings. The molecule has 0 N–H and O–H groups in total. The molecule has 8 nitrogen and oxygen atoms in total. The molecule has 0 aliphatic heterocycles. The summed E-state index contributed by atoms with van der Waals surface area (Å²) in [5.41, 5.74) is 0. The van der Waals surface area contributed by atoms with Crippen molar-refractivity contribution in [1.29, 1.82) is 0 Å². The minimum Gasteiger partial charge on any atom is -0.790 e. The van der Waals surface area contributed by atoms with E-state index < -0.39 is 15.6 Å². The fourth-order valence-corrected chi connectivity index (χ4v) is 1.22. The average Bonchev–Trinajstić information content (AvgIpc) is 1.60. The Balaban J connectivity index is -0.0000000675. The van der Waals surface area contributed by atoms with Crippen molar-refractivity contribution >= 4 is 15.6 Å². The van der Waals surface area contributed by atoms with Crippen LogP contribution in [-0.4, -0.2) is 0 Å². The van der Waals surface area contributed by atoms with E-state index in [1.807, 2.05) is 0 Å². The molecule has 0 aromatic carbocycles. The van der Waals surface area contributed by atoms with Crippen LogP contribution in [0.15, 0.2) is 0 Å². The minimum atomic E-state index is -5.70. The number of phosphoric acid groups is 2. The smallest absolute Gasteiger partial charge is 0.790 e. The zero-order valence-electron chi connectivity index (χ0n) is 8.16. The molecule has 0 saturated heterocycles. The van der Waals surface area contributed by atoms with E-state index in [-0.39, 0.29) is 75.4 Å². The van der Waals surface area contributed by atoms with Gasteiger partial charge in [0.05, 0.1) is 7.82 Å². The summed E-state index contributed by atoms with van der Waals surface area (Å²) < 4.78 is 24.1. The van der Waals surface area contributed by atoms with Crippen molar-refractivity contribution in [2.45, 2.75) is 0 Å². The summed E-state index contributed by atoms with van der Waals surface area (Å²) in [7, 11) is -11.2. The Morgan fingerprint density at radius 3 is 1.21 bits per heavy atom. The maximum atomic E-state index is 9.71. The molecule has 0 aromatic heterocycles. The van der Waals surface area contributed by atoms with Gasteiger partial charge in [-0.2, -0.15) is 0 Å². The van der Waals surface area contributed by atoms with Gasteiger partial charge in [-0.05, 0) is 0 Å². The molecule has 0 aliphatic carbocycles. The van der Waals surface area contributed by atoms with E-state index in [4.69, 9.17) is 5.26 Å². The maximum Gasteiger partial charge on any atom is 1.00 e. The van der Waals surface area contributed by atoms with Gasteiger partial charge in [-0.3, -0.25) is 8.88 Å². The number of rotatable bonds is 3.